The lowest BCUT2D eigenvalue weighted by Gasteiger charge is -2.21. The number of carbonyl (C=O) groups excluding carboxylic acids is 2. The molecule has 32 heavy (non-hydrogen) atoms. The van der Waals surface area contributed by atoms with E-state index < -0.39 is 0 Å². The molecule has 2 N–H and O–H groups in total. The Labute approximate surface area is 193 Å². The van der Waals surface area contributed by atoms with Gasteiger partial charge in [0.2, 0.25) is 0 Å². The van der Waals surface area contributed by atoms with E-state index in [1.807, 2.05) is 24.3 Å². The van der Waals surface area contributed by atoms with Crippen molar-refractivity contribution in [2.75, 3.05) is 13.2 Å². The SMILES string of the molecule is CC(C)(CO)CCCCC1=CC=C(/C=C/C2=CC=C(CCCCC(C)(C)CO)C2=O)C1=O. The molecule has 0 aromatic heterocycles. The van der Waals surface area contributed by atoms with Crippen LogP contribution in [0.4, 0.5) is 0 Å². The lowest BCUT2D eigenvalue weighted by Crippen LogP contribution is -2.16. The topological polar surface area (TPSA) is 74.6 Å². The van der Waals surface area contributed by atoms with E-state index in [2.05, 4.69) is 27.7 Å². The Bertz CT molecular complexity index is 777. The van der Waals surface area contributed by atoms with Crippen LogP contribution in [0.15, 0.2) is 58.7 Å². The van der Waals surface area contributed by atoms with E-state index in [0.29, 0.717) is 11.1 Å². The number of allylic oxidation sites excluding steroid dienone is 10. The maximum atomic E-state index is 12.6. The molecule has 4 nitrogen and oxygen atoms in total. The van der Waals surface area contributed by atoms with Crippen LogP contribution in [0.25, 0.3) is 0 Å². The number of hydrogen-bond acceptors (Lipinski definition) is 4. The minimum Gasteiger partial charge on any atom is -0.396 e. The number of hydrogen-bond donors (Lipinski definition) is 2. The van der Waals surface area contributed by atoms with Gasteiger partial charge in [-0.2, -0.15) is 0 Å². The second-order valence-electron chi connectivity index (χ2n) is 10.7. The molecule has 0 unspecified atom stereocenters. The molecule has 0 aromatic rings. The van der Waals surface area contributed by atoms with Crippen LogP contribution in [-0.4, -0.2) is 35.0 Å². The van der Waals surface area contributed by atoms with E-state index in [9.17, 15) is 19.8 Å². The first kappa shape index (κ1) is 26.2. The Morgan fingerprint density at radius 2 is 1.03 bits per heavy atom. The van der Waals surface area contributed by atoms with Gasteiger partial charge in [-0.15, -0.1) is 0 Å². The van der Waals surface area contributed by atoms with Gasteiger partial charge in [0, 0.05) is 35.5 Å². The Hall–Kier alpha value is -2.04. The largest absolute Gasteiger partial charge is 0.396 e. The third-order valence-electron chi connectivity index (χ3n) is 6.43. The third-order valence-corrected chi connectivity index (χ3v) is 6.43. The molecular formula is C28H40O4. The van der Waals surface area contributed by atoms with Crippen molar-refractivity contribution in [3.8, 4) is 0 Å². The van der Waals surface area contributed by atoms with Crippen molar-refractivity contribution in [1.29, 1.82) is 0 Å². The molecule has 0 amide bonds. The zero-order chi connectivity index (χ0) is 23.8. The molecule has 2 aliphatic rings. The predicted octanol–water partition coefficient (Wildman–Crippen LogP) is 5.57. The Morgan fingerprint density at radius 3 is 1.38 bits per heavy atom. The van der Waals surface area contributed by atoms with Gasteiger partial charge in [-0.05, 0) is 49.4 Å². The highest BCUT2D eigenvalue weighted by Gasteiger charge is 2.21. The number of aliphatic hydroxyl groups is 2. The maximum absolute atomic E-state index is 12.6. The quantitative estimate of drug-likeness (QED) is 0.346. The van der Waals surface area contributed by atoms with Gasteiger partial charge in [0.25, 0.3) is 0 Å². The summed E-state index contributed by atoms with van der Waals surface area (Å²) < 4.78 is 0. The molecule has 0 atom stereocenters. The van der Waals surface area contributed by atoms with E-state index in [1.165, 1.54) is 0 Å². The van der Waals surface area contributed by atoms with Crippen LogP contribution in [-0.2, 0) is 9.59 Å². The summed E-state index contributed by atoms with van der Waals surface area (Å²) in [5, 5.41) is 18.7. The van der Waals surface area contributed by atoms with E-state index >= 15 is 0 Å². The normalized spacial score (nSPS) is 17.2. The molecule has 0 radical (unpaired) electrons. The number of carbonyl (C=O) groups is 2. The highest BCUT2D eigenvalue weighted by molar-refractivity contribution is 6.15. The lowest BCUT2D eigenvalue weighted by molar-refractivity contribution is -0.112. The fraction of sp³-hybridized carbons (Fsp3) is 0.571. The molecule has 0 saturated carbocycles. The van der Waals surface area contributed by atoms with Crippen LogP contribution >= 0.6 is 0 Å². The average molecular weight is 441 g/mol. The highest BCUT2D eigenvalue weighted by atomic mass is 16.3. The summed E-state index contributed by atoms with van der Waals surface area (Å²) in [5.41, 5.74) is 2.77. The van der Waals surface area contributed by atoms with E-state index in [4.69, 9.17) is 0 Å². The molecule has 0 saturated heterocycles. The Morgan fingerprint density at radius 1 is 0.656 bits per heavy atom. The molecule has 0 spiro atoms. The van der Waals surface area contributed by atoms with Gasteiger partial charge in [-0.25, -0.2) is 0 Å². The summed E-state index contributed by atoms with van der Waals surface area (Å²) in [6.07, 6.45) is 18.2. The molecular weight excluding hydrogens is 400 g/mol. The van der Waals surface area contributed by atoms with Crippen molar-refractivity contribution in [2.24, 2.45) is 10.8 Å². The minimum atomic E-state index is -0.0648. The van der Waals surface area contributed by atoms with E-state index in [0.717, 1.165) is 62.5 Å². The molecule has 0 fully saturated rings. The highest BCUT2D eigenvalue weighted by Crippen LogP contribution is 2.28. The van der Waals surface area contributed by atoms with Gasteiger partial charge in [0.1, 0.15) is 0 Å². The van der Waals surface area contributed by atoms with Gasteiger partial charge in [0.15, 0.2) is 11.6 Å². The molecule has 0 bridgehead atoms. The molecule has 2 aliphatic carbocycles. The zero-order valence-electron chi connectivity index (χ0n) is 20.2. The first-order valence-electron chi connectivity index (χ1n) is 11.9. The van der Waals surface area contributed by atoms with Crippen LogP contribution in [0, 0.1) is 10.8 Å². The minimum absolute atomic E-state index is 0.0494. The summed E-state index contributed by atoms with van der Waals surface area (Å²) >= 11 is 0. The number of ketones is 2. The smallest absolute Gasteiger partial charge is 0.189 e. The van der Waals surface area contributed by atoms with Gasteiger partial charge >= 0.3 is 0 Å². The van der Waals surface area contributed by atoms with Gasteiger partial charge < -0.3 is 10.2 Å². The summed E-state index contributed by atoms with van der Waals surface area (Å²) in [6, 6.07) is 0. The van der Waals surface area contributed by atoms with Gasteiger partial charge in [-0.1, -0.05) is 77.0 Å². The molecule has 0 aliphatic heterocycles. The second-order valence-corrected chi connectivity index (χ2v) is 10.7. The van der Waals surface area contributed by atoms with Crippen molar-refractivity contribution >= 4 is 11.6 Å². The van der Waals surface area contributed by atoms with Crippen LogP contribution in [0.1, 0.15) is 79.1 Å². The second kappa shape index (κ2) is 11.7. The number of Topliss-reactive ketones (excluding diaryl/α,β-unsaturated/α-hetero) is 2. The molecule has 2 rings (SSSR count). The molecule has 176 valence electrons. The first-order chi connectivity index (χ1) is 15.1. The number of rotatable bonds is 14. The van der Waals surface area contributed by atoms with Crippen molar-refractivity contribution in [1.82, 2.24) is 0 Å². The predicted molar refractivity (Wildman–Crippen MR) is 130 cm³/mol. The Balaban J connectivity index is 1.73. The standard InChI is InChI=1S/C28H40O4/c1-27(2,19-29)17-7-5-9-21-11-13-23(25(21)31)15-16-24-14-12-22(26(24)32)10-6-8-18-28(3,4)20-30/h11-16,29-30H,5-10,17-20H2,1-4H3/b16-15+. The van der Waals surface area contributed by atoms with Gasteiger partial charge in [0.05, 0.1) is 0 Å². The van der Waals surface area contributed by atoms with Crippen LogP contribution < -0.4 is 0 Å². The lowest BCUT2D eigenvalue weighted by atomic mass is 9.87. The van der Waals surface area contributed by atoms with Gasteiger partial charge in [-0.3, -0.25) is 9.59 Å². The van der Waals surface area contributed by atoms with Crippen molar-refractivity contribution in [3.63, 3.8) is 0 Å². The number of aliphatic hydroxyl groups excluding tert-OH is 2. The monoisotopic (exact) mass is 440 g/mol. The summed E-state index contributed by atoms with van der Waals surface area (Å²) in [7, 11) is 0. The summed E-state index contributed by atoms with van der Waals surface area (Å²) in [4.78, 5) is 25.2. The first-order valence-corrected chi connectivity index (χ1v) is 11.9. The van der Waals surface area contributed by atoms with Crippen molar-refractivity contribution < 1.29 is 19.8 Å². The summed E-state index contributed by atoms with van der Waals surface area (Å²) in [6.45, 7) is 8.56. The van der Waals surface area contributed by atoms with Crippen LogP contribution in [0.2, 0.25) is 0 Å². The summed E-state index contributed by atoms with van der Waals surface area (Å²) in [5.74, 6) is 0.0989. The fourth-order valence-corrected chi connectivity index (χ4v) is 3.89. The van der Waals surface area contributed by atoms with Crippen molar-refractivity contribution in [3.05, 3.63) is 58.7 Å². The number of unbranched alkanes of at least 4 members (excludes halogenated alkanes) is 2. The van der Waals surface area contributed by atoms with Crippen LogP contribution in [0.3, 0.4) is 0 Å². The van der Waals surface area contributed by atoms with Crippen LogP contribution in [0.5, 0.6) is 0 Å². The maximum Gasteiger partial charge on any atom is 0.189 e. The van der Waals surface area contributed by atoms with E-state index in [1.54, 1.807) is 12.2 Å². The molecule has 4 heteroatoms. The Kier molecular flexibility index (Phi) is 9.60. The molecule has 0 heterocycles. The third kappa shape index (κ3) is 7.83. The molecule has 0 aromatic carbocycles. The zero-order valence-corrected chi connectivity index (χ0v) is 20.2. The van der Waals surface area contributed by atoms with Crippen molar-refractivity contribution in [2.45, 2.75) is 79.1 Å². The fourth-order valence-electron chi connectivity index (χ4n) is 3.89. The van der Waals surface area contributed by atoms with E-state index in [-0.39, 0.29) is 35.6 Å². The average Bonchev–Trinajstić information content (AvgIpc) is 3.29.